The van der Waals surface area contributed by atoms with Crippen LogP contribution in [0.3, 0.4) is 0 Å². The summed E-state index contributed by atoms with van der Waals surface area (Å²) < 4.78 is 5.25. The molecule has 0 aliphatic carbocycles. The number of ether oxygens (including phenoxy) is 1. The van der Waals surface area contributed by atoms with E-state index in [1.165, 1.54) is 0 Å². The lowest BCUT2D eigenvalue weighted by molar-refractivity contribution is 0.312. The van der Waals surface area contributed by atoms with Gasteiger partial charge in [0.05, 0.1) is 6.61 Å². The van der Waals surface area contributed by atoms with Crippen LogP contribution in [-0.2, 0) is 0 Å². The van der Waals surface area contributed by atoms with Gasteiger partial charge >= 0.3 is 6.01 Å². The van der Waals surface area contributed by atoms with Crippen molar-refractivity contribution >= 4 is 11.9 Å². The fourth-order valence-electron chi connectivity index (χ4n) is 0.963. The van der Waals surface area contributed by atoms with Gasteiger partial charge < -0.3 is 15.0 Å². The van der Waals surface area contributed by atoms with E-state index < -0.39 is 0 Å². The van der Waals surface area contributed by atoms with Gasteiger partial charge in [0.1, 0.15) is 0 Å². The van der Waals surface area contributed by atoms with E-state index in [-0.39, 0.29) is 0 Å². The highest BCUT2D eigenvalue weighted by atomic mass is 16.5. The molecule has 0 radical (unpaired) electrons. The van der Waals surface area contributed by atoms with Crippen molar-refractivity contribution in [2.75, 3.05) is 37.5 Å². The third kappa shape index (κ3) is 2.93. The minimum Gasteiger partial charge on any atom is -0.464 e. The summed E-state index contributed by atoms with van der Waals surface area (Å²) in [6, 6.07) is 0.354. The summed E-state index contributed by atoms with van der Waals surface area (Å²) in [5.74, 6) is 1.13. The van der Waals surface area contributed by atoms with E-state index in [0.29, 0.717) is 24.5 Å². The Morgan fingerprint density at radius 3 is 2.53 bits per heavy atom. The Hall–Kier alpha value is -1.59. The zero-order chi connectivity index (χ0) is 11.3. The predicted molar refractivity (Wildman–Crippen MR) is 59.5 cm³/mol. The van der Waals surface area contributed by atoms with Gasteiger partial charge in [-0.05, 0) is 13.8 Å². The lowest BCUT2D eigenvalue weighted by atomic mass is 10.6. The number of nitrogens with one attached hydrogen (secondary N) is 1. The predicted octanol–water partition coefficient (Wildman–Crippen LogP) is 0.768. The molecule has 0 saturated carbocycles. The molecule has 0 bridgehead atoms. The molecule has 0 aliphatic rings. The van der Waals surface area contributed by atoms with E-state index in [4.69, 9.17) is 4.74 Å². The van der Waals surface area contributed by atoms with Gasteiger partial charge in [-0.2, -0.15) is 15.0 Å². The summed E-state index contributed by atoms with van der Waals surface area (Å²) >= 11 is 0. The first-order chi connectivity index (χ1) is 7.21. The quantitative estimate of drug-likeness (QED) is 0.776. The first-order valence-electron chi connectivity index (χ1n) is 4.99. The Morgan fingerprint density at radius 1 is 1.27 bits per heavy atom. The second-order valence-electron chi connectivity index (χ2n) is 2.94. The van der Waals surface area contributed by atoms with E-state index in [0.717, 1.165) is 6.54 Å². The molecule has 0 unspecified atom stereocenters. The smallest absolute Gasteiger partial charge is 0.323 e. The molecule has 0 saturated heterocycles. The lowest BCUT2D eigenvalue weighted by Crippen LogP contribution is -2.20. The van der Waals surface area contributed by atoms with Crippen LogP contribution in [0.1, 0.15) is 13.8 Å². The van der Waals surface area contributed by atoms with E-state index in [2.05, 4.69) is 20.3 Å². The highest BCUT2D eigenvalue weighted by Gasteiger charge is 2.08. The highest BCUT2D eigenvalue weighted by Crippen LogP contribution is 2.13. The fraction of sp³-hybridized carbons (Fsp3) is 0.667. The van der Waals surface area contributed by atoms with Gasteiger partial charge in [-0.1, -0.05) is 0 Å². The van der Waals surface area contributed by atoms with Gasteiger partial charge in [-0.25, -0.2) is 0 Å². The van der Waals surface area contributed by atoms with Crippen molar-refractivity contribution in [1.29, 1.82) is 0 Å². The molecular formula is C9H17N5O. The molecule has 0 atom stereocenters. The van der Waals surface area contributed by atoms with Crippen LogP contribution in [0.4, 0.5) is 11.9 Å². The van der Waals surface area contributed by atoms with Crippen molar-refractivity contribution in [2.24, 2.45) is 0 Å². The molecule has 15 heavy (non-hydrogen) atoms. The maximum atomic E-state index is 5.25. The van der Waals surface area contributed by atoms with Crippen LogP contribution in [0, 0.1) is 0 Å². The molecule has 0 aromatic carbocycles. The highest BCUT2D eigenvalue weighted by molar-refractivity contribution is 5.36. The minimum absolute atomic E-state index is 0.354. The molecule has 0 amide bonds. The summed E-state index contributed by atoms with van der Waals surface area (Å²) in [5.41, 5.74) is 0. The van der Waals surface area contributed by atoms with Crippen molar-refractivity contribution in [3.05, 3.63) is 0 Å². The topological polar surface area (TPSA) is 63.2 Å². The third-order valence-electron chi connectivity index (χ3n) is 1.92. The van der Waals surface area contributed by atoms with Crippen LogP contribution in [0.2, 0.25) is 0 Å². The minimum atomic E-state index is 0.354. The standard InChI is InChI=1S/C9H17N5O/c1-5-14(4)8-11-7(10-3)12-9(13-8)15-6-2/h5-6H2,1-4H3,(H,10,11,12,13). The number of aromatic nitrogens is 3. The fourth-order valence-corrected chi connectivity index (χ4v) is 0.963. The molecule has 1 aromatic rings. The van der Waals surface area contributed by atoms with Crippen LogP contribution < -0.4 is 15.0 Å². The molecule has 0 spiro atoms. The van der Waals surface area contributed by atoms with Gasteiger partial charge in [0, 0.05) is 20.6 Å². The molecule has 1 heterocycles. The summed E-state index contributed by atoms with van der Waals surface area (Å²) in [6.45, 7) is 5.30. The molecule has 0 aliphatic heterocycles. The average molecular weight is 211 g/mol. The maximum Gasteiger partial charge on any atom is 0.323 e. The summed E-state index contributed by atoms with van der Waals surface area (Å²) in [5, 5.41) is 2.88. The second kappa shape index (κ2) is 5.33. The Balaban J connectivity index is 2.99. The van der Waals surface area contributed by atoms with Crippen molar-refractivity contribution in [2.45, 2.75) is 13.8 Å². The van der Waals surface area contributed by atoms with E-state index >= 15 is 0 Å². The van der Waals surface area contributed by atoms with Crippen LogP contribution in [0.15, 0.2) is 0 Å². The Morgan fingerprint density at radius 2 is 2.00 bits per heavy atom. The van der Waals surface area contributed by atoms with Crippen LogP contribution >= 0.6 is 0 Å². The van der Waals surface area contributed by atoms with Crippen LogP contribution in [0.5, 0.6) is 6.01 Å². The Kier molecular flexibility index (Phi) is 4.08. The second-order valence-corrected chi connectivity index (χ2v) is 2.94. The van der Waals surface area contributed by atoms with E-state index in [1.807, 2.05) is 25.8 Å². The van der Waals surface area contributed by atoms with Crippen molar-refractivity contribution in [3.63, 3.8) is 0 Å². The summed E-state index contributed by atoms with van der Waals surface area (Å²) in [4.78, 5) is 14.4. The van der Waals surface area contributed by atoms with Crippen LogP contribution in [-0.4, -0.2) is 42.2 Å². The van der Waals surface area contributed by atoms with Crippen molar-refractivity contribution < 1.29 is 4.74 Å². The average Bonchev–Trinajstić information content (AvgIpc) is 2.28. The van der Waals surface area contributed by atoms with Gasteiger partial charge in [-0.3, -0.25) is 0 Å². The Labute approximate surface area is 89.7 Å². The van der Waals surface area contributed by atoms with Gasteiger partial charge in [0.2, 0.25) is 11.9 Å². The number of hydrogen-bond acceptors (Lipinski definition) is 6. The Bertz CT molecular complexity index is 317. The number of hydrogen-bond donors (Lipinski definition) is 1. The van der Waals surface area contributed by atoms with Crippen molar-refractivity contribution in [1.82, 2.24) is 15.0 Å². The molecule has 6 nitrogen and oxygen atoms in total. The molecule has 6 heteroatoms. The molecule has 1 N–H and O–H groups in total. The maximum absolute atomic E-state index is 5.25. The molecule has 1 aromatic heterocycles. The van der Waals surface area contributed by atoms with Gasteiger partial charge in [0.25, 0.3) is 0 Å². The zero-order valence-electron chi connectivity index (χ0n) is 9.61. The first kappa shape index (κ1) is 11.5. The number of anilines is 2. The van der Waals surface area contributed by atoms with E-state index in [1.54, 1.807) is 7.05 Å². The molecule has 84 valence electrons. The largest absolute Gasteiger partial charge is 0.464 e. The van der Waals surface area contributed by atoms with Gasteiger partial charge in [0.15, 0.2) is 0 Å². The third-order valence-corrected chi connectivity index (χ3v) is 1.92. The summed E-state index contributed by atoms with van der Waals surface area (Å²) in [6.07, 6.45) is 0. The van der Waals surface area contributed by atoms with Gasteiger partial charge in [-0.15, -0.1) is 0 Å². The normalized spacial score (nSPS) is 9.87. The molecular weight excluding hydrogens is 194 g/mol. The number of rotatable bonds is 5. The SMILES string of the molecule is CCOc1nc(NC)nc(N(C)CC)n1. The molecule has 1 rings (SSSR count). The number of nitrogens with zero attached hydrogens (tertiary/aromatic N) is 4. The lowest BCUT2D eigenvalue weighted by Gasteiger charge is -2.15. The monoisotopic (exact) mass is 211 g/mol. The van der Waals surface area contributed by atoms with Crippen molar-refractivity contribution in [3.8, 4) is 6.01 Å². The summed E-state index contributed by atoms with van der Waals surface area (Å²) in [7, 11) is 3.69. The molecule has 0 fully saturated rings. The zero-order valence-corrected chi connectivity index (χ0v) is 9.61. The first-order valence-corrected chi connectivity index (χ1v) is 4.99. The van der Waals surface area contributed by atoms with Crippen LogP contribution in [0.25, 0.3) is 0 Å². The van der Waals surface area contributed by atoms with E-state index in [9.17, 15) is 0 Å².